The Bertz CT molecular complexity index is 705. The fourth-order valence-electron chi connectivity index (χ4n) is 2.12. The lowest BCUT2D eigenvalue weighted by atomic mass is 10.2. The van der Waals surface area contributed by atoms with Crippen LogP contribution >= 0.6 is 0 Å². The SMILES string of the molecule is CCOc1ccc(/C=C/C(=O)Nc2cccc(OCC(C)C)c2)cc1. The summed E-state index contributed by atoms with van der Waals surface area (Å²) < 4.78 is 11.1. The van der Waals surface area contributed by atoms with Crippen LogP contribution in [0.3, 0.4) is 0 Å². The van der Waals surface area contributed by atoms with Gasteiger partial charge in [0.15, 0.2) is 0 Å². The number of benzene rings is 2. The normalized spacial score (nSPS) is 10.9. The van der Waals surface area contributed by atoms with E-state index in [4.69, 9.17) is 9.47 Å². The van der Waals surface area contributed by atoms with E-state index in [1.165, 1.54) is 6.08 Å². The predicted octanol–water partition coefficient (Wildman–Crippen LogP) is 4.77. The maximum Gasteiger partial charge on any atom is 0.248 e. The molecular weight excluding hydrogens is 314 g/mol. The van der Waals surface area contributed by atoms with Crippen molar-refractivity contribution in [2.24, 2.45) is 5.92 Å². The molecular formula is C21H25NO3. The second kappa shape index (κ2) is 9.52. The summed E-state index contributed by atoms with van der Waals surface area (Å²) >= 11 is 0. The summed E-state index contributed by atoms with van der Waals surface area (Å²) in [6, 6.07) is 15.0. The summed E-state index contributed by atoms with van der Waals surface area (Å²) in [4.78, 5) is 12.1. The Morgan fingerprint density at radius 1 is 1.08 bits per heavy atom. The van der Waals surface area contributed by atoms with Crippen molar-refractivity contribution in [3.63, 3.8) is 0 Å². The molecule has 0 radical (unpaired) electrons. The zero-order chi connectivity index (χ0) is 18.1. The maximum absolute atomic E-state index is 12.1. The molecule has 2 aromatic rings. The minimum absolute atomic E-state index is 0.185. The van der Waals surface area contributed by atoms with Crippen LogP contribution in [0.4, 0.5) is 5.69 Å². The van der Waals surface area contributed by atoms with Gasteiger partial charge in [0, 0.05) is 17.8 Å². The van der Waals surface area contributed by atoms with E-state index >= 15 is 0 Å². The van der Waals surface area contributed by atoms with Crippen molar-refractivity contribution < 1.29 is 14.3 Å². The Morgan fingerprint density at radius 2 is 1.84 bits per heavy atom. The number of carbonyl (C=O) groups is 1. The first-order chi connectivity index (χ1) is 12.1. The van der Waals surface area contributed by atoms with Crippen molar-refractivity contribution in [1.29, 1.82) is 0 Å². The van der Waals surface area contributed by atoms with Gasteiger partial charge in [-0.3, -0.25) is 4.79 Å². The number of hydrogen-bond acceptors (Lipinski definition) is 3. The Hall–Kier alpha value is -2.75. The largest absolute Gasteiger partial charge is 0.494 e. The summed E-state index contributed by atoms with van der Waals surface area (Å²) in [5.74, 6) is 1.84. The average Bonchev–Trinajstić information content (AvgIpc) is 2.60. The van der Waals surface area contributed by atoms with Crippen molar-refractivity contribution in [2.45, 2.75) is 20.8 Å². The van der Waals surface area contributed by atoms with Gasteiger partial charge in [0.25, 0.3) is 0 Å². The van der Waals surface area contributed by atoms with E-state index in [9.17, 15) is 4.79 Å². The first kappa shape index (κ1) is 18.6. The van der Waals surface area contributed by atoms with Crippen molar-refractivity contribution in [3.8, 4) is 11.5 Å². The molecule has 0 bridgehead atoms. The fraction of sp³-hybridized carbons (Fsp3) is 0.286. The summed E-state index contributed by atoms with van der Waals surface area (Å²) in [7, 11) is 0. The van der Waals surface area contributed by atoms with Crippen LogP contribution in [-0.2, 0) is 4.79 Å². The molecule has 0 aromatic heterocycles. The molecule has 0 spiro atoms. The van der Waals surface area contributed by atoms with Gasteiger partial charge in [-0.2, -0.15) is 0 Å². The molecule has 132 valence electrons. The Balaban J connectivity index is 1.92. The van der Waals surface area contributed by atoms with Crippen molar-refractivity contribution in [1.82, 2.24) is 0 Å². The minimum Gasteiger partial charge on any atom is -0.494 e. The Morgan fingerprint density at radius 3 is 2.52 bits per heavy atom. The van der Waals surface area contributed by atoms with Gasteiger partial charge >= 0.3 is 0 Å². The zero-order valence-electron chi connectivity index (χ0n) is 15.0. The Labute approximate surface area is 149 Å². The first-order valence-electron chi connectivity index (χ1n) is 8.51. The third-order valence-electron chi connectivity index (χ3n) is 3.30. The van der Waals surface area contributed by atoms with Gasteiger partial charge in [-0.15, -0.1) is 0 Å². The molecule has 0 aliphatic heterocycles. The van der Waals surface area contributed by atoms with Crippen LogP contribution in [0.1, 0.15) is 26.3 Å². The number of amides is 1. The van der Waals surface area contributed by atoms with Crippen LogP contribution in [0.5, 0.6) is 11.5 Å². The molecule has 0 saturated heterocycles. The van der Waals surface area contributed by atoms with Gasteiger partial charge in [0.1, 0.15) is 11.5 Å². The molecule has 0 aliphatic carbocycles. The van der Waals surface area contributed by atoms with E-state index in [1.807, 2.05) is 55.5 Å². The lowest BCUT2D eigenvalue weighted by Crippen LogP contribution is -2.08. The molecule has 25 heavy (non-hydrogen) atoms. The van der Waals surface area contributed by atoms with Crippen LogP contribution in [0, 0.1) is 5.92 Å². The number of carbonyl (C=O) groups excluding carboxylic acids is 1. The quantitative estimate of drug-likeness (QED) is 0.705. The molecule has 0 unspecified atom stereocenters. The second-order valence-electron chi connectivity index (χ2n) is 6.06. The molecule has 0 atom stereocenters. The summed E-state index contributed by atoms with van der Waals surface area (Å²) in [6.45, 7) is 7.42. The summed E-state index contributed by atoms with van der Waals surface area (Å²) in [5, 5.41) is 2.84. The molecule has 1 N–H and O–H groups in total. The van der Waals surface area contributed by atoms with Gasteiger partial charge in [-0.1, -0.05) is 32.0 Å². The monoisotopic (exact) mass is 339 g/mol. The molecule has 1 amide bonds. The first-order valence-corrected chi connectivity index (χ1v) is 8.51. The standard InChI is InChI=1S/C21H25NO3/c1-4-24-19-11-8-17(9-12-19)10-13-21(23)22-18-6-5-7-20(14-18)25-15-16(2)3/h5-14,16H,4,15H2,1-3H3,(H,22,23)/b13-10+. The highest BCUT2D eigenvalue weighted by Crippen LogP contribution is 2.18. The van der Waals surface area contributed by atoms with Crippen molar-refractivity contribution >= 4 is 17.7 Å². The summed E-state index contributed by atoms with van der Waals surface area (Å²) in [6.07, 6.45) is 3.28. The third kappa shape index (κ3) is 6.71. The van der Waals surface area contributed by atoms with E-state index in [1.54, 1.807) is 6.08 Å². The second-order valence-corrected chi connectivity index (χ2v) is 6.06. The van der Waals surface area contributed by atoms with Gasteiger partial charge in [-0.05, 0) is 48.7 Å². The predicted molar refractivity (Wildman–Crippen MR) is 102 cm³/mol. The molecule has 4 nitrogen and oxygen atoms in total. The molecule has 0 heterocycles. The maximum atomic E-state index is 12.1. The Kier molecular flexibility index (Phi) is 7.08. The zero-order valence-corrected chi connectivity index (χ0v) is 15.0. The fourth-order valence-corrected chi connectivity index (χ4v) is 2.12. The van der Waals surface area contributed by atoms with E-state index in [0.29, 0.717) is 24.8 Å². The molecule has 4 heteroatoms. The lowest BCUT2D eigenvalue weighted by molar-refractivity contribution is -0.111. The van der Waals surface area contributed by atoms with Crippen LogP contribution in [0.25, 0.3) is 6.08 Å². The van der Waals surface area contributed by atoms with Crippen LogP contribution in [0.15, 0.2) is 54.6 Å². The highest BCUT2D eigenvalue weighted by molar-refractivity contribution is 6.02. The van der Waals surface area contributed by atoms with Crippen LogP contribution in [0.2, 0.25) is 0 Å². The van der Waals surface area contributed by atoms with Crippen molar-refractivity contribution in [3.05, 3.63) is 60.2 Å². The van der Waals surface area contributed by atoms with Gasteiger partial charge in [-0.25, -0.2) is 0 Å². The van der Waals surface area contributed by atoms with Gasteiger partial charge < -0.3 is 14.8 Å². The third-order valence-corrected chi connectivity index (χ3v) is 3.30. The number of ether oxygens (including phenoxy) is 2. The molecule has 0 aliphatic rings. The molecule has 2 rings (SSSR count). The highest BCUT2D eigenvalue weighted by atomic mass is 16.5. The smallest absolute Gasteiger partial charge is 0.248 e. The van der Waals surface area contributed by atoms with E-state index in [-0.39, 0.29) is 5.91 Å². The summed E-state index contributed by atoms with van der Waals surface area (Å²) in [5.41, 5.74) is 1.65. The molecule has 2 aromatic carbocycles. The van der Waals surface area contributed by atoms with E-state index in [2.05, 4.69) is 19.2 Å². The van der Waals surface area contributed by atoms with Gasteiger partial charge in [0.2, 0.25) is 5.91 Å². The molecule has 0 saturated carbocycles. The number of anilines is 1. The average molecular weight is 339 g/mol. The number of nitrogens with one attached hydrogen (secondary N) is 1. The number of rotatable bonds is 8. The van der Waals surface area contributed by atoms with E-state index < -0.39 is 0 Å². The van der Waals surface area contributed by atoms with Crippen LogP contribution < -0.4 is 14.8 Å². The van der Waals surface area contributed by atoms with Crippen LogP contribution in [-0.4, -0.2) is 19.1 Å². The molecule has 0 fully saturated rings. The highest BCUT2D eigenvalue weighted by Gasteiger charge is 2.02. The number of hydrogen-bond donors (Lipinski definition) is 1. The van der Waals surface area contributed by atoms with E-state index in [0.717, 1.165) is 17.1 Å². The topological polar surface area (TPSA) is 47.6 Å². The van der Waals surface area contributed by atoms with Gasteiger partial charge in [0.05, 0.1) is 13.2 Å². The minimum atomic E-state index is -0.185. The van der Waals surface area contributed by atoms with Crippen molar-refractivity contribution in [2.75, 3.05) is 18.5 Å². The lowest BCUT2D eigenvalue weighted by Gasteiger charge is -2.10.